The Morgan fingerprint density at radius 1 is 1.17 bits per heavy atom. The van der Waals surface area contributed by atoms with E-state index in [1.54, 1.807) is 0 Å². The molecule has 0 radical (unpaired) electrons. The highest BCUT2D eigenvalue weighted by atomic mass is 16.4. The first kappa shape index (κ1) is 14.0. The van der Waals surface area contributed by atoms with Crippen LogP contribution in [0.1, 0.15) is 18.5 Å². The number of aryl methyl sites for hydroxylation is 1. The molecule has 6 heteroatoms. The van der Waals surface area contributed by atoms with Crippen molar-refractivity contribution in [1.82, 2.24) is 15.2 Å². The number of hydrogen-bond acceptors (Lipinski definition) is 6. The highest BCUT2D eigenvalue weighted by Crippen LogP contribution is 2.22. The number of rotatable bonds is 3. The molecule has 1 N–H and O–H groups in total. The number of para-hydroxylation sites is 2. The zero-order valence-corrected chi connectivity index (χ0v) is 13.1. The van der Waals surface area contributed by atoms with Gasteiger partial charge in [0.1, 0.15) is 5.52 Å². The molecule has 0 spiro atoms. The monoisotopic (exact) mass is 309 g/mol. The van der Waals surface area contributed by atoms with Gasteiger partial charge in [-0.15, -0.1) is 5.10 Å². The number of oxazole rings is 1. The van der Waals surface area contributed by atoms with E-state index >= 15 is 0 Å². The van der Waals surface area contributed by atoms with Crippen molar-refractivity contribution in [3.05, 3.63) is 42.1 Å². The third-order valence-corrected chi connectivity index (χ3v) is 4.15. The predicted octanol–water partition coefficient (Wildman–Crippen LogP) is 3.01. The van der Waals surface area contributed by atoms with Crippen LogP contribution < -0.4 is 10.2 Å². The van der Waals surface area contributed by atoms with Gasteiger partial charge in [0.2, 0.25) is 0 Å². The van der Waals surface area contributed by atoms with Gasteiger partial charge in [-0.1, -0.05) is 12.1 Å². The number of nitrogens with zero attached hydrogens (tertiary/aromatic N) is 4. The lowest BCUT2D eigenvalue weighted by Crippen LogP contribution is -2.42. The fourth-order valence-corrected chi connectivity index (χ4v) is 2.97. The summed E-state index contributed by atoms with van der Waals surface area (Å²) >= 11 is 0. The van der Waals surface area contributed by atoms with Crippen LogP contribution in [0.25, 0.3) is 11.1 Å². The Bertz CT molecular complexity index is 765. The third kappa shape index (κ3) is 2.97. The fraction of sp³-hybridized carbons (Fsp3) is 0.353. The van der Waals surface area contributed by atoms with Crippen molar-refractivity contribution >= 4 is 22.9 Å². The van der Waals surface area contributed by atoms with Crippen molar-refractivity contribution < 1.29 is 4.42 Å². The number of fused-ring (bicyclic) bond motifs is 1. The van der Waals surface area contributed by atoms with E-state index < -0.39 is 0 Å². The Morgan fingerprint density at radius 3 is 2.91 bits per heavy atom. The minimum absolute atomic E-state index is 0.292. The van der Waals surface area contributed by atoms with Gasteiger partial charge in [0.15, 0.2) is 11.4 Å². The molecule has 1 fully saturated rings. The zero-order chi connectivity index (χ0) is 15.6. The van der Waals surface area contributed by atoms with Gasteiger partial charge in [0.05, 0.1) is 5.69 Å². The van der Waals surface area contributed by atoms with Gasteiger partial charge in [-0.2, -0.15) is 10.1 Å². The number of nitrogens with one attached hydrogen (secondary N) is 1. The summed E-state index contributed by atoms with van der Waals surface area (Å²) < 4.78 is 5.76. The minimum atomic E-state index is 0.292. The van der Waals surface area contributed by atoms with Gasteiger partial charge in [-0.05, 0) is 44.0 Å². The van der Waals surface area contributed by atoms with Gasteiger partial charge in [0, 0.05) is 19.1 Å². The summed E-state index contributed by atoms with van der Waals surface area (Å²) in [6.07, 6.45) is 2.20. The fourth-order valence-electron chi connectivity index (χ4n) is 2.97. The van der Waals surface area contributed by atoms with Crippen molar-refractivity contribution in [3.8, 4) is 0 Å². The second-order valence-corrected chi connectivity index (χ2v) is 5.95. The topological polar surface area (TPSA) is 67.1 Å². The molecule has 1 aliphatic rings. The smallest absolute Gasteiger partial charge is 0.295 e. The molecule has 0 aliphatic carbocycles. The SMILES string of the molecule is Cc1ccc(N2CCC[C@H](Nc3nc4ccccc4o3)C2)nn1. The average Bonchev–Trinajstić information content (AvgIpc) is 2.98. The minimum Gasteiger partial charge on any atom is -0.424 e. The van der Waals surface area contributed by atoms with Crippen LogP contribution in [0.4, 0.5) is 11.8 Å². The second kappa shape index (κ2) is 5.87. The van der Waals surface area contributed by atoms with Gasteiger partial charge < -0.3 is 14.6 Å². The molecule has 0 unspecified atom stereocenters. The lowest BCUT2D eigenvalue weighted by molar-refractivity contribution is 0.505. The van der Waals surface area contributed by atoms with Crippen molar-refractivity contribution in [2.24, 2.45) is 0 Å². The van der Waals surface area contributed by atoms with Gasteiger partial charge in [-0.3, -0.25) is 0 Å². The molecule has 4 rings (SSSR count). The largest absolute Gasteiger partial charge is 0.424 e. The van der Waals surface area contributed by atoms with Crippen LogP contribution >= 0.6 is 0 Å². The standard InChI is InChI=1S/C17H19N5O/c1-12-8-9-16(21-20-12)22-10-4-5-13(11-22)18-17-19-14-6-2-3-7-15(14)23-17/h2-3,6-9,13H,4-5,10-11H2,1H3,(H,18,19)/t13-/m0/s1. The van der Waals surface area contributed by atoms with E-state index in [0.717, 1.165) is 48.5 Å². The molecular weight excluding hydrogens is 290 g/mol. The third-order valence-electron chi connectivity index (χ3n) is 4.15. The maximum atomic E-state index is 5.76. The van der Waals surface area contributed by atoms with Crippen molar-refractivity contribution in [3.63, 3.8) is 0 Å². The summed E-state index contributed by atoms with van der Waals surface area (Å²) in [7, 11) is 0. The first-order chi connectivity index (χ1) is 11.3. The maximum absolute atomic E-state index is 5.76. The highest BCUT2D eigenvalue weighted by Gasteiger charge is 2.22. The Hall–Kier alpha value is -2.63. The van der Waals surface area contributed by atoms with Crippen molar-refractivity contribution in [1.29, 1.82) is 0 Å². The predicted molar refractivity (Wildman–Crippen MR) is 89.6 cm³/mol. The van der Waals surface area contributed by atoms with Crippen LogP contribution in [0, 0.1) is 6.92 Å². The number of hydrogen-bond donors (Lipinski definition) is 1. The van der Waals surface area contributed by atoms with Crippen LogP contribution in [0.15, 0.2) is 40.8 Å². The zero-order valence-electron chi connectivity index (χ0n) is 13.1. The summed E-state index contributed by atoms with van der Waals surface area (Å²) in [5.74, 6) is 0.930. The van der Waals surface area contributed by atoms with E-state index in [2.05, 4.69) is 25.4 Å². The van der Waals surface area contributed by atoms with E-state index in [0.29, 0.717) is 12.1 Å². The van der Waals surface area contributed by atoms with E-state index in [1.807, 2.05) is 43.3 Å². The first-order valence-corrected chi connectivity index (χ1v) is 7.95. The molecule has 6 nitrogen and oxygen atoms in total. The molecule has 3 heterocycles. The van der Waals surface area contributed by atoms with Crippen LogP contribution in [0.2, 0.25) is 0 Å². The molecule has 23 heavy (non-hydrogen) atoms. The Balaban J connectivity index is 1.47. The summed E-state index contributed by atoms with van der Waals surface area (Å²) in [5.41, 5.74) is 2.63. The lowest BCUT2D eigenvalue weighted by atomic mass is 10.1. The molecule has 1 atom stereocenters. The molecule has 1 aromatic carbocycles. The number of piperidine rings is 1. The normalized spacial score (nSPS) is 18.3. The highest BCUT2D eigenvalue weighted by molar-refractivity contribution is 5.74. The van der Waals surface area contributed by atoms with Gasteiger partial charge >= 0.3 is 0 Å². The quantitative estimate of drug-likeness (QED) is 0.802. The summed E-state index contributed by atoms with van der Waals surface area (Å²) in [5, 5.41) is 11.9. The molecule has 1 aliphatic heterocycles. The van der Waals surface area contributed by atoms with E-state index in [-0.39, 0.29) is 0 Å². The van der Waals surface area contributed by atoms with Crippen molar-refractivity contribution in [2.45, 2.75) is 25.8 Å². The van der Waals surface area contributed by atoms with Crippen LogP contribution in [0.5, 0.6) is 0 Å². The van der Waals surface area contributed by atoms with Crippen LogP contribution in [-0.2, 0) is 0 Å². The molecule has 0 saturated carbocycles. The summed E-state index contributed by atoms with van der Waals surface area (Å²) in [4.78, 5) is 6.75. The molecule has 2 aromatic heterocycles. The lowest BCUT2D eigenvalue weighted by Gasteiger charge is -2.33. The Labute approximate surface area is 134 Å². The van der Waals surface area contributed by atoms with Gasteiger partial charge in [0.25, 0.3) is 6.01 Å². The van der Waals surface area contributed by atoms with E-state index in [9.17, 15) is 0 Å². The molecule has 3 aromatic rings. The number of aromatic nitrogens is 3. The molecule has 118 valence electrons. The number of benzene rings is 1. The molecule has 1 saturated heterocycles. The van der Waals surface area contributed by atoms with Gasteiger partial charge in [-0.25, -0.2) is 0 Å². The summed E-state index contributed by atoms with van der Waals surface area (Å²) in [6, 6.07) is 12.7. The Morgan fingerprint density at radius 2 is 2.09 bits per heavy atom. The molecule has 0 bridgehead atoms. The molecule has 0 amide bonds. The summed E-state index contributed by atoms with van der Waals surface area (Å²) in [6.45, 7) is 3.82. The van der Waals surface area contributed by atoms with Crippen LogP contribution in [-0.4, -0.2) is 34.3 Å². The number of anilines is 2. The Kier molecular flexibility index (Phi) is 3.57. The van der Waals surface area contributed by atoms with Crippen molar-refractivity contribution in [2.75, 3.05) is 23.3 Å². The van der Waals surface area contributed by atoms with E-state index in [4.69, 9.17) is 4.42 Å². The maximum Gasteiger partial charge on any atom is 0.295 e. The van der Waals surface area contributed by atoms with Crippen LogP contribution in [0.3, 0.4) is 0 Å². The molecular formula is C17H19N5O. The average molecular weight is 309 g/mol. The van der Waals surface area contributed by atoms with E-state index in [1.165, 1.54) is 0 Å². The second-order valence-electron chi connectivity index (χ2n) is 5.95. The first-order valence-electron chi connectivity index (χ1n) is 7.95.